The molecule has 0 radical (unpaired) electrons. The number of methoxy groups -OCH3 is 1. The number of nitrogens with zero attached hydrogens (tertiary/aromatic N) is 3. The molecule has 2 aromatic carbocycles. The van der Waals surface area contributed by atoms with E-state index in [2.05, 4.69) is 20.4 Å². The van der Waals surface area contributed by atoms with Gasteiger partial charge in [-0.05, 0) is 86.7 Å². The maximum Gasteiger partial charge on any atom is 0.286 e. The van der Waals surface area contributed by atoms with E-state index in [1.54, 1.807) is 43.5 Å². The van der Waals surface area contributed by atoms with Crippen molar-refractivity contribution < 1.29 is 14.6 Å². The van der Waals surface area contributed by atoms with Crippen LogP contribution in [0.25, 0.3) is 0 Å². The minimum Gasteiger partial charge on any atom is -0.508 e. The highest BCUT2D eigenvalue weighted by molar-refractivity contribution is 7.13. The molecular weight excluding hydrogens is 424 g/mol. The summed E-state index contributed by atoms with van der Waals surface area (Å²) < 4.78 is 5.13. The van der Waals surface area contributed by atoms with E-state index in [-0.39, 0.29) is 5.91 Å². The van der Waals surface area contributed by atoms with Crippen LogP contribution in [-0.4, -0.2) is 46.3 Å². The molecule has 2 heterocycles. The first kappa shape index (κ1) is 22.2. The standard InChI is InChI=1S/C24H28N4O3S/c1-31-21-10-6-19(7-11-21)25-23(30)24-27-26-22(32-24)16-28-14-12-18(13-15-28)3-2-17-4-8-20(29)9-5-17/h4-11,18,29H,2-3,12-16H2,1H3,(H,25,30). The Hall–Kier alpha value is -2.97. The normalized spacial score (nSPS) is 14.9. The Morgan fingerprint density at radius 1 is 1.12 bits per heavy atom. The van der Waals surface area contributed by atoms with Gasteiger partial charge in [0.1, 0.15) is 16.5 Å². The van der Waals surface area contributed by atoms with Crippen molar-refractivity contribution in [1.82, 2.24) is 15.1 Å². The number of phenolic OH excluding ortho intramolecular Hbond substituents is 1. The van der Waals surface area contributed by atoms with Crippen LogP contribution >= 0.6 is 11.3 Å². The second kappa shape index (κ2) is 10.6. The van der Waals surface area contributed by atoms with E-state index in [1.807, 2.05) is 12.1 Å². The molecule has 1 amide bonds. The summed E-state index contributed by atoms with van der Waals surface area (Å²) in [6, 6.07) is 14.7. The van der Waals surface area contributed by atoms with Crippen LogP contribution < -0.4 is 10.1 Å². The first-order chi connectivity index (χ1) is 15.6. The van der Waals surface area contributed by atoms with Gasteiger partial charge < -0.3 is 15.2 Å². The molecular formula is C24H28N4O3S. The SMILES string of the molecule is COc1ccc(NC(=O)c2nnc(CN3CCC(CCc4ccc(O)cc4)CC3)s2)cc1. The van der Waals surface area contributed by atoms with Gasteiger partial charge in [-0.15, -0.1) is 10.2 Å². The van der Waals surface area contributed by atoms with Crippen LogP contribution in [0.15, 0.2) is 48.5 Å². The monoisotopic (exact) mass is 452 g/mol. The quantitative estimate of drug-likeness (QED) is 0.528. The van der Waals surface area contributed by atoms with Gasteiger partial charge in [-0.1, -0.05) is 23.5 Å². The fourth-order valence-corrected chi connectivity index (χ4v) is 4.70. The predicted octanol–water partition coefficient (Wildman–Crippen LogP) is 4.35. The molecule has 8 heteroatoms. The zero-order valence-electron chi connectivity index (χ0n) is 18.2. The Kier molecular flexibility index (Phi) is 7.34. The van der Waals surface area contributed by atoms with Crippen LogP contribution in [0.1, 0.15) is 39.6 Å². The van der Waals surface area contributed by atoms with Crippen molar-refractivity contribution in [3.8, 4) is 11.5 Å². The van der Waals surface area contributed by atoms with Gasteiger partial charge >= 0.3 is 0 Å². The van der Waals surface area contributed by atoms with E-state index >= 15 is 0 Å². The van der Waals surface area contributed by atoms with Crippen LogP contribution in [-0.2, 0) is 13.0 Å². The first-order valence-corrected chi connectivity index (χ1v) is 11.7. The average Bonchev–Trinajstić information content (AvgIpc) is 3.29. The molecule has 32 heavy (non-hydrogen) atoms. The van der Waals surface area contributed by atoms with Crippen LogP contribution in [0.3, 0.4) is 0 Å². The Labute approximate surface area is 192 Å². The predicted molar refractivity (Wildman–Crippen MR) is 125 cm³/mol. The number of carbonyl (C=O) groups is 1. The van der Waals surface area contributed by atoms with Crippen LogP contribution in [0.4, 0.5) is 5.69 Å². The number of hydrogen-bond acceptors (Lipinski definition) is 7. The number of phenols is 1. The van der Waals surface area contributed by atoms with E-state index in [4.69, 9.17) is 4.74 Å². The van der Waals surface area contributed by atoms with Crippen LogP contribution in [0.2, 0.25) is 0 Å². The summed E-state index contributed by atoms with van der Waals surface area (Å²) in [7, 11) is 1.61. The van der Waals surface area contributed by atoms with Crippen LogP contribution in [0, 0.1) is 5.92 Å². The molecule has 0 spiro atoms. The molecule has 1 aliphatic heterocycles. The summed E-state index contributed by atoms with van der Waals surface area (Å²) in [5, 5.41) is 21.8. The number of rotatable bonds is 8. The Morgan fingerprint density at radius 3 is 2.53 bits per heavy atom. The summed E-state index contributed by atoms with van der Waals surface area (Å²) in [6.45, 7) is 2.80. The molecule has 0 unspecified atom stereocenters. The minimum absolute atomic E-state index is 0.244. The van der Waals surface area contributed by atoms with E-state index in [1.165, 1.54) is 36.2 Å². The Morgan fingerprint density at radius 2 is 1.84 bits per heavy atom. The molecule has 3 aromatic rings. The van der Waals surface area contributed by atoms with Crippen LogP contribution in [0.5, 0.6) is 11.5 Å². The number of amides is 1. The minimum atomic E-state index is -0.244. The molecule has 7 nitrogen and oxygen atoms in total. The van der Waals surface area contributed by atoms with Gasteiger partial charge in [-0.3, -0.25) is 9.69 Å². The summed E-state index contributed by atoms with van der Waals surface area (Å²) in [5.41, 5.74) is 1.97. The zero-order valence-corrected chi connectivity index (χ0v) is 19.0. The van der Waals surface area contributed by atoms with Gasteiger partial charge in [0.05, 0.1) is 13.7 Å². The van der Waals surface area contributed by atoms with Crippen molar-refractivity contribution in [1.29, 1.82) is 0 Å². The van der Waals surface area contributed by atoms with Crippen molar-refractivity contribution in [3.63, 3.8) is 0 Å². The number of likely N-dealkylation sites (tertiary alicyclic amines) is 1. The molecule has 1 aromatic heterocycles. The fraction of sp³-hybridized carbons (Fsp3) is 0.375. The van der Waals surface area contributed by atoms with E-state index in [9.17, 15) is 9.90 Å². The molecule has 1 aliphatic rings. The topological polar surface area (TPSA) is 87.6 Å². The van der Waals surface area contributed by atoms with E-state index in [0.29, 0.717) is 16.4 Å². The third kappa shape index (κ3) is 6.05. The Balaban J connectivity index is 1.21. The number of benzene rings is 2. The first-order valence-electron chi connectivity index (χ1n) is 10.9. The zero-order chi connectivity index (χ0) is 22.3. The maximum atomic E-state index is 12.5. The highest BCUT2D eigenvalue weighted by Crippen LogP contribution is 2.25. The molecule has 2 N–H and O–H groups in total. The number of anilines is 1. The van der Waals surface area contributed by atoms with Gasteiger partial charge in [-0.25, -0.2) is 0 Å². The van der Waals surface area contributed by atoms with Gasteiger partial charge in [0.15, 0.2) is 0 Å². The lowest BCUT2D eigenvalue weighted by Crippen LogP contribution is -2.33. The lowest BCUT2D eigenvalue weighted by molar-refractivity contribution is 0.102. The number of aryl methyl sites for hydroxylation is 1. The number of nitrogens with one attached hydrogen (secondary N) is 1. The molecule has 0 aliphatic carbocycles. The fourth-order valence-electron chi connectivity index (χ4n) is 3.93. The highest BCUT2D eigenvalue weighted by Gasteiger charge is 2.21. The smallest absolute Gasteiger partial charge is 0.286 e. The highest BCUT2D eigenvalue weighted by atomic mass is 32.1. The molecule has 0 saturated carbocycles. The third-order valence-electron chi connectivity index (χ3n) is 5.85. The molecule has 0 atom stereocenters. The third-order valence-corrected chi connectivity index (χ3v) is 6.76. The number of carbonyl (C=O) groups excluding carboxylic acids is 1. The second-order valence-corrected chi connectivity index (χ2v) is 9.17. The summed E-state index contributed by atoms with van der Waals surface area (Å²) >= 11 is 1.35. The van der Waals surface area contributed by atoms with Crippen molar-refractivity contribution in [2.24, 2.45) is 5.92 Å². The maximum absolute atomic E-state index is 12.5. The van der Waals surface area contributed by atoms with E-state index < -0.39 is 0 Å². The van der Waals surface area contributed by atoms with Crippen molar-refractivity contribution in [2.45, 2.75) is 32.2 Å². The van der Waals surface area contributed by atoms with Gasteiger partial charge in [0, 0.05) is 5.69 Å². The van der Waals surface area contributed by atoms with Gasteiger partial charge in [0.2, 0.25) is 5.01 Å². The lowest BCUT2D eigenvalue weighted by Gasteiger charge is -2.31. The molecule has 0 bridgehead atoms. The van der Waals surface area contributed by atoms with E-state index in [0.717, 1.165) is 42.7 Å². The molecule has 4 rings (SSSR count). The molecule has 168 valence electrons. The Bertz CT molecular complexity index is 1010. The average molecular weight is 453 g/mol. The summed E-state index contributed by atoms with van der Waals surface area (Å²) in [6.07, 6.45) is 4.56. The largest absolute Gasteiger partial charge is 0.508 e. The van der Waals surface area contributed by atoms with Crippen molar-refractivity contribution >= 4 is 22.9 Å². The number of ether oxygens (including phenoxy) is 1. The number of hydrogen-bond donors (Lipinski definition) is 2. The summed E-state index contributed by atoms with van der Waals surface area (Å²) in [5.74, 6) is 1.54. The molecule has 1 saturated heterocycles. The number of aromatic hydroxyl groups is 1. The number of aromatic nitrogens is 2. The van der Waals surface area contributed by atoms with Crippen molar-refractivity contribution in [3.05, 3.63) is 64.1 Å². The molecule has 1 fully saturated rings. The second-order valence-electron chi connectivity index (χ2n) is 8.11. The van der Waals surface area contributed by atoms with Gasteiger partial charge in [0.25, 0.3) is 5.91 Å². The summed E-state index contributed by atoms with van der Waals surface area (Å²) in [4.78, 5) is 14.9. The van der Waals surface area contributed by atoms with Gasteiger partial charge in [-0.2, -0.15) is 0 Å². The lowest BCUT2D eigenvalue weighted by atomic mass is 9.90. The number of piperidine rings is 1. The van der Waals surface area contributed by atoms with Crippen molar-refractivity contribution in [2.75, 3.05) is 25.5 Å².